The maximum atomic E-state index is 13.5. The predicted molar refractivity (Wildman–Crippen MR) is 400 cm³/mol. The Labute approximate surface area is 667 Å². The van der Waals surface area contributed by atoms with Crippen molar-refractivity contribution in [1.82, 2.24) is 20.2 Å². The molecule has 51 nitrogen and oxygen atoms in total. The van der Waals surface area contributed by atoms with Crippen LogP contribution >= 0.6 is 46.9 Å². The van der Waals surface area contributed by atoms with Crippen LogP contribution in [0.3, 0.4) is 0 Å². The van der Waals surface area contributed by atoms with E-state index in [0.717, 1.165) is 35.0 Å². The normalized spacial score (nSPS) is 19.3. The molecule has 4 rings (SSSR count). The van der Waals surface area contributed by atoms with Crippen LogP contribution in [0.15, 0.2) is 85.9 Å². The van der Waals surface area contributed by atoms with Crippen LogP contribution in [0.1, 0.15) is 107 Å². The average molecular weight is 1920 g/mol. The molecule has 2 aromatic carbocycles. The lowest BCUT2D eigenvalue weighted by Gasteiger charge is -2.27. The van der Waals surface area contributed by atoms with Crippen LogP contribution in [0.25, 0.3) is 0 Å². The summed E-state index contributed by atoms with van der Waals surface area (Å²) in [5.41, 5.74) is -0.00458. The van der Waals surface area contributed by atoms with Gasteiger partial charge in [-0.15, -0.1) is 0 Å². The maximum absolute atomic E-state index is 13.5. The highest BCUT2D eigenvalue weighted by molar-refractivity contribution is 7.87. The zero-order chi connectivity index (χ0) is 89.1. The number of phosphoric ester groups is 2. The van der Waals surface area contributed by atoms with E-state index in [2.05, 4.69) is 30.6 Å². The molecular weight excluding hydrogens is 1830 g/mol. The summed E-state index contributed by atoms with van der Waals surface area (Å²) >= 11 is 0. The molecule has 8 unspecified atom stereocenters. The smallest absolute Gasteiger partial charge is 0.464 e. The van der Waals surface area contributed by atoms with Gasteiger partial charge < -0.3 is 59.5 Å². The standard InChI is InChI=1S/C54H84N6O45P6S6/c1-36-29-41(116(91,92)93)19-21-45(36)58(23-13-27-112(79,80)81)39(4)15-12-17-40(59(24-14-28-113(82,83)84)46-22-20-42(30-37(46)2)117(94,95)96)16-8-7-9-18-49(62)55-43(34-114(85,86)87)52(64)56-44(35-115(88,89)90)53(65)97-25-10-5-6-11-26-98-106(67,68)101-108(71,72)103-110(75,76)105-111(77,78)104-109(73,74)102-107(69,70)99-33-48-47(61)31-50(100-48)60-32-38(3)51(63)57-54(60)66/h12,15,17,19-22,29-30,32,43-44,47-48,50,61H,5-11,13-14,16,18,23-28,31,33-35H2,1-4H3,(H14-,55,56,57,62,63,64,66,67,68,69,70,71,72,73,74,75,76,77,78,79,80,81,82,83,84,85,86,87,88,89,90,91,92,93,94,95,96)/p+1/t43?,44?,47-,48-,50-/m1/s1. The van der Waals surface area contributed by atoms with Crippen LogP contribution in [-0.2, 0) is 143 Å². The lowest BCUT2D eigenvalue weighted by molar-refractivity contribution is -0.441. The van der Waals surface area contributed by atoms with Crippen molar-refractivity contribution in [1.29, 1.82) is 0 Å². The van der Waals surface area contributed by atoms with Crippen molar-refractivity contribution in [2.24, 2.45) is 0 Å². The number of aliphatic hydroxyl groups excluding tert-OH is 1. The fourth-order valence-corrected chi connectivity index (χ4v) is 21.7. The molecule has 1 saturated heterocycles. The van der Waals surface area contributed by atoms with E-state index in [1.54, 1.807) is 17.1 Å². The molecule has 1 aliphatic rings. The van der Waals surface area contributed by atoms with Gasteiger partial charge in [-0.05, 0) is 108 Å². The molecule has 666 valence electrons. The zero-order valence-corrected chi connectivity index (χ0v) is 71.6. The van der Waals surface area contributed by atoms with E-state index in [-0.39, 0.29) is 99.7 Å². The Morgan fingerprint density at radius 3 is 1.62 bits per heavy atom. The number of rotatable bonds is 51. The van der Waals surface area contributed by atoms with Crippen LogP contribution in [0.2, 0.25) is 0 Å². The van der Waals surface area contributed by atoms with Crippen molar-refractivity contribution in [3.63, 3.8) is 0 Å². The molecule has 0 radical (unpaired) electrons. The fraction of sp³-hybridized carbons (Fsp3) is 0.556. The number of ether oxygens (including phenoxy) is 2. The number of aromatic amines is 1. The van der Waals surface area contributed by atoms with Gasteiger partial charge in [0.15, 0.2) is 5.71 Å². The summed E-state index contributed by atoms with van der Waals surface area (Å²) in [4.78, 5) is 126. The van der Waals surface area contributed by atoms with Crippen LogP contribution in [0.5, 0.6) is 0 Å². The molecule has 1 fully saturated rings. The van der Waals surface area contributed by atoms with Gasteiger partial charge >= 0.3 is 58.6 Å². The monoisotopic (exact) mass is 1920 g/mol. The number of H-pyrrole nitrogens is 1. The number of unbranched alkanes of at least 4 members (excludes halogenated alkanes) is 5. The Bertz CT molecular complexity index is 5370. The number of benzene rings is 2. The highest BCUT2D eigenvalue weighted by atomic mass is 32.2. The van der Waals surface area contributed by atoms with Crippen molar-refractivity contribution >= 4 is 143 Å². The van der Waals surface area contributed by atoms with Crippen molar-refractivity contribution in [2.45, 2.75) is 145 Å². The number of carbonyl (C=O) groups excluding carboxylic acids is 3. The first-order valence-electron chi connectivity index (χ1n) is 33.2. The van der Waals surface area contributed by atoms with E-state index in [9.17, 15) is 164 Å². The Morgan fingerprint density at radius 1 is 0.607 bits per heavy atom. The number of esters is 1. The van der Waals surface area contributed by atoms with Gasteiger partial charge in [0.05, 0.1) is 47.2 Å². The second kappa shape index (κ2) is 43.2. The topological polar surface area (TPSA) is 790 Å². The number of aromatic nitrogens is 2. The highest BCUT2D eigenvalue weighted by Crippen LogP contribution is 2.75. The molecule has 0 bridgehead atoms. The largest absolute Gasteiger partial charge is 0.490 e. The number of aliphatic hydroxyl groups is 1. The number of nitrogens with zero attached hydrogens (tertiary/aromatic N) is 3. The number of allylic oxidation sites excluding steroid dienone is 4. The molecule has 0 spiro atoms. The van der Waals surface area contributed by atoms with E-state index >= 15 is 0 Å². The van der Waals surface area contributed by atoms with Gasteiger partial charge in [0.25, 0.3) is 66.3 Å². The number of nitrogens with one attached hydrogen (secondary N) is 3. The number of hydrogen-bond donors (Lipinski definition) is 16. The van der Waals surface area contributed by atoms with Gasteiger partial charge in [0.1, 0.15) is 42.5 Å². The van der Waals surface area contributed by atoms with Crippen LogP contribution in [-0.4, -0.2) is 230 Å². The minimum absolute atomic E-state index is 0.00106. The molecule has 11 atom stereocenters. The van der Waals surface area contributed by atoms with E-state index in [0.29, 0.717) is 17.1 Å². The quantitative estimate of drug-likeness (QED) is 0.00734. The maximum Gasteiger partial charge on any atom is 0.490 e. The van der Waals surface area contributed by atoms with Crippen LogP contribution in [0, 0.1) is 20.8 Å². The van der Waals surface area contributed by atoms with Gasteiger partial charge in [-0.1, -0.05) is 18.9 Å². The molecule has 2 heterocycles. The summed E-state index contributed by atoms with van der Waals surface area (Å²) in [6.07, 6.45) is -0.860. The summed E-state index contributed by atoms with van der Waals surface area (Å²) in [5.74, 6) is -9.06. The number of carbonyl (C=O) groups is 3. The SMILES string of the molecule is CC(=CC=CC(CCCCCC(=O)NC(CS(=O)(=O)O)C(=O)NC(CS(=O)(=O)O)C(=O)OCCCCCCOP(=O)(O)OP(=O)(O)OP(=O)(O)OP(=O)(O)OP(=O)(O)OP(=O)(O)OC[C@H]1O[C@@H](n2cc(C)c(=O)[nH]c2=O)C[C@H]1O)=[N+](CCCS(=O)(=O)O)c1ccc(S(=O)(=O)O)cc1C)N(CCCS(=O)(=O)O)c1ccc(S(=O)(=O)O)cc1C. The molecule has 3 aromatic rings. The Balaban J connectivity index is 1.36. The first kappa shape index (κ1) is 104. The molecule has 2 amide bonds. The van der Waals surface area contributed by atoms with Crippen molar-refractivity contribution in [2.75, 3.05) is 60.8 Å². The van der Waals surface area contributed by atoms with E-state index in [4.69, 9.17) is 9.47 Å². The second-order valence-electron chi connectivity index (χ2n) is 25.2. The van der Waals surface area contributed by atoms with E-state index in [1.807, 2.05) is 10.3 Å². The molecule has 63 heteroatoms. The average Bonchev–Trinajstić information content (AvgIpc) is 1.78. The number of phosphoric acid groups is 6. The van der Waals surface area contributed by atoms with Crippen molar-refractivity contribution in [3.8, 4) is 0 Å². The van der Waals surface area contributed by atoms with Crippen molar-refractivity contribution < 1.29 is 199 Å². The molecular formula is C54H85N6O45P6S6+. The van der Waals surface area contributed by atoms with E-state index in [1.165, 1.54) is 55.7 Å². The summed E-state index contributed by atoms with van der Waals surface area (Å²) in [6.45, 7) is 2.76. The predicted octanol–water partition coefficient (Wildman–Crippen LogP) is 2.43. The van der Waals surface area contributed by atoms with Crippen LogP contribution < -0.4 is 26.8 Å². The first-order valence-corrected chi connectivity index (χ1v) is 51.5. The molecule has 1 aliphatic heterocycles. The minimum Gasteiger partial charge on any atom is -0.464 e. The van der Waals surface area contributed by atoms with Crippen LogP contribution in [0.4, 0.5) is 11.4 Å². The van der Waals surface area contributed by atoms with E-state index < -0.39 is 233 Å². The summed E-state index contributed by atoms with van der Waals surface area (Å²) in [6, 6.07) is 2.29. The number of aryl methyl sites for hydroxylation is 3. The number of amides is 2. The lowest BCUT2D eigenvalue weighted by atomic mass is 10.1. The third-order valence-electron chi connectivity index (χ3n) is 15.5. The summed E-state index contributed by atoms with van der Waals surface area (Å²) in [7, 11) is -67.1. The third kappa shape index (κ3) is 39.2. The first-order chi connectivity index (χ1) is 53.3. The fourth-order valence-electron chi connectivity index (χ4n) is 10.4. The summed E-state index contributed by atoms with van der Waals surface area (Å²) in [5, 5.41) is 14.1. The Kier molecular flexibility index (Phi) is 38.4. The molecule has 0 aliphatic carbocycles. The lowest BCUT2D eigenvalue weighted by Crippen LogP contribution is -2.55. The minimum atomic E-state index is -6.67. The number of anilines is 1. The molecule has 0 saturated carbocycles. The summed E-state index contributed by atoms with van der Waals surface area (Å²) < 4.78 is 316. The van der Waals surface area contributed by atoms with Gasteiger partial charge in [-0.3, -0.25) is 60.3 Å². The third-order valence-corrected chi connectivity index (χ3v) is 29.5. The zero-order valence-electron chi connectivity index (χ0n) is 61.4. The van der Waals surface area contributed by atoms with Crippen molar-refractivity contribution in [3.05, 3.63) is 104 Å². The highest BCUT2D eigenvalue weighted by Gasteiger charge is 2.50. The Hall–Kier alpha value is -5.28. The molecule has 1 aromatic heterocycles. The Morgan fingerprint density at radius 2 is 1.09 bits per heavy atom. The van der Waals surface area contributed by atoms with Gasteiger partial charge in [-0.2, -0.15) is 76.6 Å². The van der Waals surface area contributed by atoms with Gasteiger partial charge in [-0.25, -0.2) is 37.0 Å². The van der Waals surface area contributed by atoms with Gasteiger partial charge in [0.2, 0.25) is 17.5 Å². The molecule has 117 heavy (non-hydrogen) atoms. The number of hydrogen-bond acceptors (Lipinski definition) is 34. The molecule has 16 N–H and O–H groups in total. The van der Waals surface area contributed by atoms with Gasteiger partial charge in [0, 0.05) is 73.1 Å². The second-order valence-corrected chi connectivity index (χ2v) is 43.6.